The van der Waals surface area contributed by atoms with Crippen molar-refractivity contribution in [3.8, 4) is 0 Å². The molecule has 1 aliphatic rings. The Kier molecular flexibility index (Phi) is 3.00. The summed E-state index contributed by atoms with van der Waals surface area (Å²) in [6.07, 6.45) is 2.44. The summed E-state index contributed by atoms with van der Waals surface area (Å²) < 4.78 is 26.6. The number of sulfonamides is 1. The number of rotatable bonds is 5. The van der Waals surface area contributed by atoms with E-state index in [0.29, 0.717) is 18.0 Å². The van der Waals surface area contributed by atoms with Gasteiger partial charge in [0.1, 0.15) is 0 Å². The van der Waals surface area contributed by atoms with E-state index in [1.54, 1.807) is 7.05 Å². The van der Waals surface area contributed by atoms with Crippen LogP contribution in [-0.4, -0.2) is 31.7 Å². The molecule has 3 N–H and O–H groups in total. The number of aromatic nitrogens is 2. The molecule has 0 amide bonds. The zero-order chi connectivity index (χ0) is 11.8. The Balaban J connectivity index is 2.18. The minimum Gasteiger partial charge on any atom is -0.316 e. The van der Waals surface area contributed by atoms with E-state index in [1.165, 1.54) is 6.20 Å². The Morgan fingerprint density at radius 3 is 2.88 bits per heavy atom. The van der Waals surface area contributed by atoms with Crippen molar-refractivity contribution in [2.45, 2.75) is 31.0 Å². The lowest BCUT2D eigenvalue weighted by Gasteiger charge is -2.05. The molecule has 2 unspecified atom stereocenters. The van der Waals surface area contributed by atoms with Gasteiger partial charge in [-0.3, -0.25) is 5.10 Å². The number of nitrogens with zero attached hydrogens (tertiary/aromatic N) is 1. The standard InChI is InChI=1S/C9H16N4O2S/c1-6-3-8(6)13-16(14,15)9-7(4-10-2)5-11-12-9/h5-6,8,10,13H,3-4H2,1-2H3,(H,11,12). The van der Waals surface area contributed by atoms with Gasteiger partial charge in [-0.05, 0) is 19.4 Å². The van der Waals surface area contributed by atoms with Crippen LogP contribution in [0.25, 0.3) is 0 Å². The third-order valence-corrected chi connectivity index (χ3v) is 4.23. The van der Waals surface area contributed by atoms with Crippen molar-refractivity contribution >= 4 is 10.0 Å². The van der Waals surface area contributed by atoms with E-state index in [4.69, 9.17) is 0 Å². The Morgan fingerprint density at radius 1 is 1.62 bits per heavy atom. The zero-order valence-corrected chi connectivity index (χ0v) is 10.1. The lowest BCUT2D eigenvalue weighted by atomic mass is 10.4. The fourth-order valence-electron chi connectivity index (χ4n) is 1.59. The maximum atomic E-state index is 12.0. The third-order valence-electron chi connectivity index (χ3n) is 2.73. The molecule has 0 aliphatic heterocycles. The van der Waals surface area contributed by atoms with Crippen LogP contribution in [0.1, 0.15) is 18.9 Å². The maximum absolute atomic E-state index is 12.0. The normalized spacial score (nSPS) is 24.6. The molecule has 6 nitrogen and oxygen atoms in total. The van der Waals surface area contributed by atoms with E-state index in [0.717, 1.165) is 6.42 Å². The highest BCUT2D eigenvalue weighted by molar-refractivity contribution is 7.89. The Labute approximate surface area is 94.9 Å². The van der Waals surface area contributed by atoms with E-state index in [9.17, 15) is 8.42 Å². The molecule has 16 heavy (non-hydrogen) atoms. The molecule has 90 valence electrons. The lowest BCUT2D eigenvalue weighted by Crippen LogP contribution is -2.28. The summed E-state index contributed by atoms with van der Waals surface area (Å²) in [5.74, 6) is 0.436. The van der Waals surface area contributed by atoms with Crippen LogP contribution in [0.4, 0.5) is 0 Å². The minimum atomic E-state index is -3.45. The molecule has 1 heterocycles. The number of hydrogen-bond donors (Lipinski definition) is 3. The van der Waals surface area contributed by atoms with Crippen LogP contribution in [0.5, 0.6) is 0 Å². The molecule has 0 radical (unpaired) electrons. The first kappa shape index (κ1) is 11.6. The fraction of sp³-hybridized carbons (Fsp3) is 0.667. The molecule has 1 aromatic rings. The second-order valence-electron chi connectivity index (χ2n) is 4.20. The lowest BCUT2D eigenvalue weighted by molar-refractivity contribution is 0.572. The Morgan fingerprint density at radius 2 is 2.31 bits per heavy atom. The summed E-state index contributed by atoms with van der Waals surface area (Å²) in [6.45, 7) is 2.50. The van der Waals surface area contributed by atoms with Crippen LogP contribution in [0, 0.1) is 5.92 Å². The van der Waals surface area contributed by atoms with Crippen LogP contribution in [0.3, 0.4) is 0 Å². The monoisotopic (exact) mass is 244 g/mol. The minimum absolute atomic E-state index is 0.0794. The highest BCUT2D eigenvalue weighted by atomic mass is 32.2. The quantitative estimate of drug-likeness (QED) is 0.670. The molecule has 1 aliphatic carbocycles. The van der Waals surface area contributed by atoms with Gasteiger partial charge in [0.25, 0.3) is 10.0 Å². The van der Waals surface area contributed by atoms with Crippen LogP contribution in [0.15, 0.2) is 11.2 Å². The van der Waals surface area contributed by atoms with Crippen molar-refractivity contribution < 1.29 is 8.42 Å². The van der Waals surface area contributed by atoms with Gasteiger partial charge in [0.05, 0.1) is 6.20 Å². The molecule has 1 fully saturated rings. The largest absolute Gasteiger partial charge is 0.316 e. The first-order chi connectivity index (χ1) is 7.54. The van der Waals surface area contributed by atoms with Gasteiger partial charge in [-0.15, -0.1) is 0 Å². The number of hydrogen-bond acceptors (Lipinski definition) is 4. The molecule has 2 rings (SSSR count). The van der Waals surface area contributed by atoms with Crippen LogP contribution >= 0.6 is 0 Å². The van der Waals surface area contributed by atoms with E-state index >= 15 is 0 Å². The number of aromatic amines is 1. The molecule has 0 aromatic carbocycles. The molecule has 1 aromatic heterocycles. The predicted octanol–water partition coefficient (Wildman–Crippen LogP) is -0.184. The van der Waals surface area contributed by atoms with Crippen LogP contribution in [-0.2, 0) is 16.6 Å². The predicted molar refractivity (Wildman–Crippen MR) is 59.2 cm³/mol. The highest BCUT2D eigenvalue weighted by Gasteiger charge is 2.37. The second kappa shape index (κ2) is 4.15. The maximum Gasteiger partial charge on any atom is 0.258 e. The Bertz CT molecular complexity index is 468. The van der Waals surface area contributed by atoms with Gasteiger partial charge >= 0.3 is 0 Å². The van der Waals surface area contributed by atoms with Crippen molar-refractivity contribution in [1.29, 1.82) is 0 Å². The first-order valence-electron chi connectivity index (χ1n) is 5.24. The van der Waals surface area contributed by atoms with E-state index in [-0.39, 0.29) is 11.1 Å². The number of H-pyrrole nitrogens is 1. The van der Waals surface area contributed by atoms with Crippen molar-refractivity contribution in [3.05, 3.63) is 11.8 Å². The van der Waals surface area contributed by atoms with Crippen molar-refractivity contribution in [3.63, 3.8) is 0 Å². The van der Waals surface area contributed by atoms with E-state index in [1.807, 2.05) is 6.92 Å². The van der Waals surface area contributed by atoms with Crippen LogP contribution in [0.2, 0.25) is 0 Å². The summed E-state index contributed by atoms with van der Waals surface area (Å²) in [7, 11) is -1.68. The molecule has 0 bridgehead atoms. The van der Waals surface area contributed by atoms with Gasteiger partial charge in [0.2, 0.25) is 0 Å². The van der Waals surface area contributed by atoms with E-state index < -0.39 is 10.0 Å². The Hall–Kier alpha value is -0.920. The summed E-state index contributed by atoms with van der Waals surface area (Å²) >= 11 is 0. The van der Waals surface area contributed by atoms with Gasteiger partial charge in [-0.1, -0.05) is 6.92 Å². The van der Waals surface area contributed by atoms with Gasteiger partial charge in [0, 0.05) is 18.2 Å². The van der Waals surface area contributed by atoms with Gasteiger partial charge in [0.15, 0.2) is 5.03 Å². The molecule has 2 atom stereocenters. The molecule has 0 saturated heterocycles. The number of nitrogens with one attached hydrogen (secondary N) is 3. The second-order valence-corrected chi connectivity index (χ2v) is 5.85. The smallest absolute Gasteiger partial charge is 0.258 e. The average Bonchev–Trinajstić information content (AvgIpc) is 2.71. The molecule has 1 saturated carbocycles. The van der Waals surface area contributed by atoms with Crippen LogP contribution < -0.4 is 10.0 Å². The van der Waals surface area contributed by atoms with Crippen molar-refractivity contribution in [2.75, 3.05) is 7.05 Å². The van der Waals surface area contributed by atoms with E-state index in [2.05, 4.69) is 20.2 Å². The SMILES string of the molecule is CNCc1cn[nH]c1S(=O)(=O)NC1CC1C. The molecule has 7 heteroatoms. The summed E-state index contributed by atoms with van der Waals surface area (Å²) in [6, 6.07) is 0.0794. The summed E-state index contributed by atoms with van der Waals surface area (Å²) in [4.78, 5) is 0. The summed E-state index contributed by atoms with van der Waals surface area (Å²) in [5.41, 5.74) is 0.656. The van der Waals surface area contributed by atoms with Gasteiger partial charge in [-0.25, -0.2) is 13.1 Å². The van der Waals surface area contributed by atoms with Crippen molar-refractivity contribution in [1.82, 2.24) is 20.2 Å². The average molecular weight is 244 g/mol. The highest BCUT2D eigenvalue weighted by Crippen LogP contribution is 2.30. The van der Waals surface area contributed by atoms with Gasteiger partial charge < -0.3 is 5.32 Å². The fourth-order valence-corrected chi connectivity index (χ4v) is 3.08. The van der Waals surface area contributed by atoms with Crippen molar-refractivity contribution in [2.24, 2.45) is 5.92 Å². The third kappa shape index (κ3) is 2.26. The zero-order valence-electron chi connectivity index (χ0n) is 9.32. The molecular formula is C9H16N4O2S. The first-order valence-corrected chi connectivity index (χ1v) is 6.72. The van der Waals surface area contributed by atoms with Gasteiger partial charge in [-0.2, -0.15) is 5.10 Å². The topological polar surface area (TPSA) is 86.9 Å². The molecule has 0 spiro atoms. The molecular weight excluding hydrogens is 228 g/mol. The summed E-state index contributed by atoms with van der Waals surface area (Å²) in [5, 5.41) is 9.38.